The topological polar surface area (TPSA) is 51.8 Å². The van der Waals surface area contributed by atoms with E-state index in [-0.39, 0.29) is 0 Å². The summed E-state index contributed by atoms with van der Waals surface area (Å²) in [7, 11) is 0. The number of aromatic nitrogens is 3. The van der Waals surface area contributed by atoms with Gasteiger partial charge in [-0.25, -0.2) is 15.0 Å². The van der Waals surface area contributed by atoms with Crippen molar-refractivity contribution in [2.24, 2.45) is 0 Å². The van der Waals surface area contributed by atoms with Crippen LogP contribution in [0.4, 0.5) is 0 Å². The Labute approximate surface area is 271 Å². The Morgan fingerprint density at radius 1 is 0.319 bits per heavy atom. The molecular formula is C43H27N3O. The summed E-state index contributed by atoms with van der Waals surface area (Å²) in [6, 6.07) is 56.4. The second-order valence-electron chi connectivity index (χ2n) is 11.7. The maximum atomic E-state index is 6.51. The number of benzene rings is 7. The van der Waals surface area contributed by atoms with Crippen molar-refractivity contribution in [3.63, 3.8) is 0 Å². The first-order chi connectivity index (χ1) is 23.3. The van der Waals surface area contributed by atoms with Crippen LogP contribution in [0, 0.1) is 0 Å². The Balaban J connectivity index is 1.16. The SMILES string of the molecule is c1ccc(-c2cccc(-c3nc(-c4ccccc4)nc(-c4ccc5c(c4)oc4cc(-c6cccc7ccccc67)ccc45)n3)c2)cc1. The van der Waals surface area contributed by atoms with Crippen molar-refractivity contribution < 1.29 is 4.42 Å². The smallest absolute Gasteiger partial charge is 0.164 e. The predicted molar refractivity (Wildman–Crippen MR) is 192 cm³/mol. The van der Waals surface area contributed by atoms with Gasteiger partial charge in [0.25, 0.3) is 0 Å². The van der Waals surface area contributed by atoms with Gasteiger partial charge in [-0.15, -0.1) is 0 Å². The summed E-state index contributed by atoms with van der Waals surface area (Å²) in [5.41, 5.74) is 8.94. The first-order valence-electron chi connectivity index (χ1n) is 15.7. The fraction of sp³-hybridized carbons (Fsp3) is 0. The highest BCUT2D eigenvalue weighted by Crippen LogP contribution is 2.36. The third kappa shape index (κ3) is 4.93. The van der Waals surface area contributed by atoms with E-state index < -0.39 is 0 Å². The summed E-state index contributed by atoms with van der Waals surface area (Å²) in [5.74, 6) is 1.84. The average Bonchev–Trinajstić information content (AvgIpc) is 3.52. The van der Waals surface area contributed by atoms with Gasteiger partial charge < -0.3 is 4.42 Å². The lowest BCUT2D eigenvalue weighted by atomic mass is 9.97. The van der Waals surface area contributed by atoms with Crippen molar-refractivity contribution >= 4 is 32.7 Å². The molecule has 220 valence electrons. The molecule has 0 unspecified atom stereocenters. The minimum absolute atomic E-state index is 0.595. The summed E-state index contributed by atoms with van der Waals surface area (Å²) in [6.07, 6.45) is 0. The Morgan fingerprint density at radius 3 is 1.57 bits per heavy atom. The van der Waals surface area contributed by atoms with Gasteiger partial charge in [-0.3, -0.25) is 0 Å². The van der Waals surface area contributed by atoms with E-state index in [1.807, 2.05) is 42.5 Å². The molecule has 0 aliphatic rings. The van der Waals surface area contributed by atoms with Crippen LogP contribution in [0.5, 0.6) is 0 Å². The van der Waals surface area contributed by atoms with Crippen molar-refractivity contribution in [1.82, 2.24) is 15.0 Å². The normalized spacial score (nSPS) is 11.4. The van der Waals surface area contributed by atoms with Crippen molar-refractivity contribution in [3.05, 3.63) is 164 Å². The van der Waals surface area contributed by atoms with Crippen molar-refractivity contribution in [3.8, 4) is 56.4 Å². The zero-order valence-electron chi connectivity index (χ0n) is 25.3. The van der Waals surface area contributed by atoms with E-state index in [2.05, 4.69) is 121 Å². The molecule has 0 saturated carbocycles. The number of hydrogen-bond donors (Lipinski definition) is 0. The van der Waals surface area contributed by atoms with Crippen LogP contribution in [0.3, 0.4) is 0 Å². The van der Waals surface area contributed by atoms with Gasteiger partial charge >= 0.3 is 0 Å². The van der Waals surface area contributed by atoms with Crippen LogP contribution in [-0.4, -0.2) is 15.0 Å². The standard InChI is InChI=1S/C43H27N3O/c1-3-11-28(12-4-1)31-17-9-18-33(25-31)42-44-41(30-14-5-2-6-15-30)45-43(46-42)34-22-24-38-37-23-21-32(26-39(37)47-40(38)27-34)36-20-10-16-29-13-7-8-19-35(29)36/h1-27H. The summed E-state index contributed by atoms with van der Waals surface area (Å²) in [4.78, 5) is 14.9. The van der Waals surface area contributed by atoms with Crippen LogP contribution in [0.15, 0.2) is 168 Å². The van der Waals surface area contributed by atoms with Crippen molar-refractivity contribution in [2.45, 2.75) is 0 Å². The summed E-state index contributed by atoms with van der Waals surface area (Å²) < 4.78 is 6.51. The number of furan rings is 1. The maximum absolute atomic E-state index is 6.51. The second kappa shape index (κ2) is 11.2. The van der Waals surface area contributed by atoms with Gasteiger partial charge in [-0.05, 0) is 63.4 Å². The van der Waals surface area contributed by atoms with Crippen molar-refractivity contribution in [1.29, 1.82) is 0 Å². The number of nitrogens with zero attached hydrogens (tertiary/aromatic N) is 3. The van der Waals surface area contributed by atoms with Gasteiger partial charge in [-0.1, -0.05) is 133 Å². The monoisotopic (exact) mass is 601 g/mol. The van der Waals surface area contributed by atoms with Crippen LogP contribution in [0.2, 0.25) is 0 Å². The first-order valence-corrected chi connectivity index (χ1v) is 15.7. The number of hydrogen-bond acceptors (Lipinski definition) is 4. The molecule has 0 aliphatic heterocycles. The molecule has 2 heterocycles. The molecule has 0 bridgehead atoms. The minimum Gasteiger partial charge on any atom is -0.456 e. The molecule has 0 aliphatic carbocycles. The number of rotatable bonds is 5. The van der Waals surface area contributed by atoms with Crippen LogP contribution in [-0.2, 0) is 0 Å². The molecule has 0 fully saturated rings. The van der Waals surface area contributed by atoms with Gasteiger partial charge in [0.1, 0.15) is 11.2 Å². The largest absolute Gasteiger partial charge is 0.456 e. The van der Waals surface area contributed by atoms with Gasteiger partial charge in [0.05, 0.1) is 0 Å². The fourth-order valence-electron chi connectivity index (χ4n) is 6.38. The van der Waals surface area contributed by atoms with Crippen LogP contribution in [0.25, 0.3) is 89.1 Å². The molecule has 7 aromatic carbocycles. The van der Waals surface area contributed by atoms with Gasteiger partial charge in [0.2, 0.25) is 0 Å². The molecule has 4 nitrogen and oxygen atoms in total. The third-order valence-corrected chi connectivity index (χ3v) is 8.73. The van der Waals surface area contributed by atoms with E-state index >= 15 is 0 Å². The molecule has 0 atom stereocenters. The van der Waals surface area contributed by atoms with Crippen LogP contribution in [0.1, 0.15) is 0 Å². The van der Waals surface area contributed by atoms with Gasteiger partial charge in [-0.2, -0.15) is 0 Å². The van der Waals surface area contributed by atoms with E-state index in [1.165, 1.54) is 16.3 Å². The van der Waals surface area contributed by atoms with Crippen LogP contribution >= 0.6 is 0 Å². The Morgan fingerprint density at radius 2 is 0.830 bits per heavy atom. The lowest BCUT2D eigenvalue weighted by Crippen LogP contribution is -2.00. The fourth-order valence-corrected chi connectivity index (χ4v) is 6.38. The van der Waals surface area contributed by atoms with E-state index in [0.717, 1.165) is 55.3 Å². The van der Waals surface area contributed by atoms with Crippen molar-refractivity contribution in [2.75, 3.05) is 0 Å². The zero-order chi connectivity index (χ0) is 31.2. The molecule has 2 aromatic heterocycles. The predicted octanol–water partition coefficient (Wildman–Crippen LogP) is 11.3. The maximum Gasteiger partial charge on any atom is 0.164 e. The summed E-state index contributed by atoms with van der Waals surface area (Å²) in [6.45, 7) is 0. The second-order valence-corrected chi connectivity index (χ2v) is 11.7. The molecule has 4 heteroatoms. The average molecular weight is 602 g/mol. The first kappa shape index (κ1) is 27.0. The van der Waals surface area contributed by atoms with E-state index in [4.69, 9.17) is 19.4 Å². The minimum atomic E-state index is 0.595. The molecule has 0 radical (unpaired) electrons. The highest BCUT2D eigenvalue weighted by atomic mass is 16.3. The lowest BCUT2D eigenvalue weighted by Gasteiger charge is -2.09. The lowest BCUT2D eigenvalue weighted by molar-refractivity contribution is 0.669. The highest BCUT2D eigenvalue weighted by Gasteiger charge is 2.16. The Kier molecular flexibility index (Phi) is 6.43. The molecular weight excluding hydrogens is 574 g/mol. The van der Waals surface area contributed by atoms with E-state index in [1.54, 1.807) is 0 Å². The third-order valence-electron chi connectivity index (χ3n) is 8.73. The molecule has 47 heavy (non-hydrogen) atoms. The van der Waals surface area contributed by atoms with E-state index in [9.17, 15) is 0 Å². The Hall–Kier alpha value is -6.39. The quantitative estimate of drug-likeness (QED) is 0.197. The zero-order valence-corrected chi connectivity index (χ0v) is 25.3. The summed E-state index contributed by atoms with van der Waals surface area (Å²) in [5, 5.41) is 4.58. The highest BCUT2D eigenvalue weighted by molar-refractivity contribution is 6.08. The summed E-state index contributed by atoms with van der Waals surface area (Å²) >= 11 is 0. The van der Waals surface area contributed by atoms with Gasteiger partial charge in [0, 0.05) is 27.5 Å². The molecule has 0 saturated heterocycles. The molecule has 9 aromatic rings. The molecule has 0 N–H and O–H groups in total. The van der Waals surface area contributed by atoms with E-state index in [0.29, 0.717) is 17.5 Å². The molecule has 9 rings (SSSR count). The Bertz CT molecular complexity index is 2570. The van der Waals surface area contributed by atoms with Crippen LogP contribution < -0.4 is 0 Å². The van der Waals surface area contributed by atoms with Gasteiger partial charge in [0.15, 0.2) is 17.5 Å². The number of fused-ring (bicyclic) bond motifs is 4. The molecule has 0 spiro atoms. The molecule has 0 amide bonds.